The van der Waals surface area contributed by atoms with E-state index in [1.807, 2.05) is 76.2 Å². The molecule has 0 bridgehead atoms. The lowest BCUT2D eigenvalue weighted by Crippen LogP contribution is -2.50. The van der Waals surface area contributed by atoms with E-state index in [0.29, 0.717) is 25.1 Å². The van der Waals surface area contributed by atoms with E-state index < -0.39 is 6.04 Å². The molecule has 2 rings (SSSR count). The third kappa shape index (κ3) is 7.52. The van der Waals surface area contributed by atoms with Crippen molar-refractivity contribution in [3.63, 3.8) is 0 Å². The van der Waals surface area contributed by atoms with Gasteiger partial charge in [-0.1, -0.05) is 61.9 Å². The van der Waals surface area contributed by atoms with E-state index in [9.17, 15) is 9.59 Å². The fraction of sp³-hybridized carbons (Fsp3) is 0.440. The zero-order valence-corrected chi connectivity index (χ0v) is 19.4. The molecule has 0 unspecified atom stereocenters. The highest BCUT2D eigenvalue weighted by Gasteiger charge is 2.28. The maximum Gasteiger partial charge on any atom is 0.243 e. The van der Waals surface area contributed by atoms with Crippen LogP contribution in [0.5, 0.6) is 0 Å². The molecule has 2 atom stereocenters. The quantitative estimate of drug-likeness (QED) is 0.503. The summed E-state index contributed by atoms with van der Waals surface area (Å²) >= 11 is 1.67. The number of rotatable bonds is 11. The smallest absolute Gasteiger partial charge is 0.243 e. The Balaban J connectivity index is 2.13. The minimum absolute atomic E-state index is 0.0195. The molecule has 0 fully saturated rings. The van der Waals surface area contributed by atoms with Crippen molar-refractivity contribution < 1.29 is 9.59 Å². The topological polar surface area (TPSA) is 49.4 Å². The number of nitrogens with one attached hydrogen (secondary N) is 1. The summed E-state index contributed by atoms with van der Waals surface area (Å²) in [7, 11) is 0. The summed E-state index contributed by atoms with van der Waals surface area (Å²) in [6.07, 6.45) is 1.85. The zero-order chi connectivity index (χ0) is 21.9. The monoisotopic (exact) mass is 426 g/mol. The van der Waals surface area contributed by atoms with Gasteiger partial charge in [-0.3, -0.25) is 9.59 Å². The largest absolute Gasteiger partial charge is 0.352 e. The van der Waals surface area contributed by atoms with E-state index in [4.69, 9.17) is 0 Å². The van der Waals surface area contributed by atoms with E-state index in [1.165, 1.54) is 0 Å². The van der Waals surface area contributed by atoms with Gasteiger partial charge >= 0.3 is 0 Å². The molecule has 162 valence electrons. The molecule has 0 saturated heterocycles. The first-order valence-corrected chi connectivity index (χ1v) is 11.8. The first-order valence-electron chi connectivity index (χ1n) is 10.8. The fourth-order valence-corrected chi connectivity index (χ4v) is 4.15. The average Bonchev–Trinajstić information content (AvgIpc) is 2.74. The minimum Gasteiger partial charge on any atom is -0.352 e. The van der Waals surface area contributed by atoms with Crippen LogP contribution in [0.1, 0.15) is 51.2 Å². The number of aryl methyl sites for hydroxylation is 1. The normalized spacial score (nSPS) is 12.8. The van der Waals surface area contributed by atoms with E-state index in [-0.39, 0.29) is 17.9 Å². The van der Waals surface area contributed by atoms with E-state index in [2.05, 4.69) is 11.4 Å². The van der Waals surface area contributed by atoms with Gasteiger partial charge in [-0.2, -0.15) is 0 Å². The molecular weight excluding hydrogens is 392 g/mol. The van der Waals surface area contributed by atoms with Crippen LogP contribution in [0.3, 0.4) is 0 Å². The Labute approximate surface area is 185 Å². The number of carbonyl (C=O) groups is 2. The zero-order valence-electron chi connectivity index (χ0n) is 18.6. The highest BCUT2D eigenvalue weighted by Crippen LogP contribution is 2.20. The molecule has 30 heavy (non-hydrogen) atoms. The summed E-state index contributed by atoms with van der Waals surface area (Å²) in [5, 5.41) is 3.06. The lowest BCUT2D eigenvalue weighted by Gasteiger charge is -2.31. The predicted molar refractivity (Wildman–Crippen MR) is 125 cm³/mol. The van der Waals surface area contributed by atoms with Crippen LogP contribution >= 0.6 is 11.8 Å². The second kappa shape index (κ2) is 12.4. The molecule has 0 aromatic heterocycles. The van der Waals surface area contributed by atoms with Crippen LogP contribution in [0.25, 0.3) is 0 Å². The molecule has 0 radical (unpaired) electrons. The Hall–Kier alpha value is -2.27. The van der Waals surface area contributed by atoms with Crippen LogP contribution in [0.2, 0.25) is 0 Å². The van der Waals surface area contributed by atoms with Gasteiger partial charge in [0.15, 0.2) is 0 Å². The van der Waals surface area contributed by atoms with Crippen molar-refractivity contribution in [1.82, 2.24) is 10.2 Å². The van der Waals surface area contributed by atoms with Gasteiger partial charge in [-0.25, -0.2) is 0 Å². The van der Waals surface area contributed by atoms with E-state index >= 15 is 0 Å². The predicted octanol–water partition coefficient (Wildman–Crippen LogP) is 5.20. The lowest BCUT2D eigenvalue weighted by atomic mass is 10.1. The standard InChI is InChI=1S/C25H34N2O2S/c1-5-20(4)26-25(29)23(6-2)27(18-21-12-10-11-19(3)17-21)24(28)15-16-30-22-13-8-7-9-14-22/h7-14,17,20,23H,5-6,15-16,18H2,1-4H3,(H,26,29)/t20-,23+/m0/s1. The third-order valence-electron chi connectivity index (χ3n) is 5.15. The highest BCUT2D eigenvalue weighted by molar-refractivity contribution is 7.99. The van der Waals surface area contributed by atoms with Crippen molar-refractivity contribution in [2.24, 2.45) is 0 Å². The van der Waals surface area contributed by atoms with Crippen LogP contribution in [-0.4, -0.2) is 34.6 Å². The van der Waals surface area contributed by atoms with Crippen molar-refractivity contribution >= 4 is 23.6 Å². The van der Waals surface area contributed by atoms with Crippen molar-refractivity contribution in [3.8, 4) is 0 Å². The number of nitrogens with zero attached hydrogens (tertiary/aromatic N) is 1. The Morgan fingerprint density at radius 1 is 1.03 bits per heavy atom. The Bertz CT molecular complexity index is 810. The van der Waals surface area contributed by atoms with E-state index in [0.717, 1.165) is 22.4 Å². The molecule has 0 aliphatic rings. The van der Waals surface area contributed by atoms with Gasteiger partial charge in [-0.05, 0) is 44.4 Å². The lowest BCUT2D eigenvalue weighted by molar-refractivity contribution is -0.141. The van der Waals surface area contributed by atoms with Crippen molar-refractivity contribution in [1.29, 1.82) is 0 Å². The Morgan fingerprint density at radius 3 is 2.40 bits per heavy atom. The second-order valence-corrected chi connectivity index (χ2v) is 8.83. The summed E-state index contributed by atoms with van der Waals surface area (Å²) in [5.41, 5.74) is 2.20. The number of hydrogen-bond acceptors (Lipinski definition) is 3. The summed E-state index contributed by atoms with van der Waals surface area (Å²) < 4.78 is 0. The van der Waals surface area contributed by atoms with Crippen LogP contribution in [-0.2, 0) is 16.1 Å². The van der Waals surface area contributed by atoms with Gasteiger partial charge < -0.3 is 10.2 Å². The third-order valence-corrected chi connectivity index (χ3v) is 6.16. The summed E-state index contributed by atoms with van der Waals surface area (Å²) in [5.74, 6) is 0.644. The van der Waals surface area contributed by atoms with Gasteiger partial charge in [0.25, 0.3) is 0 Å². The molecule has 0 spiro atoms. The highest BCUT2D eigenvalue weighted by atomic mass is 32.2. The maximum atomic E-state index is 13.2. The van der Waals surface area contributed by atoms with Crippen LogP contribution in [0.4, 0.5) is 0 Å². The minimum atomic E-state index is -0.464. The van der Waals surface area contributed by atoms with Gasteiger partial charge in [-0.15, -0.1) is 11.8 Å². The van der Waals surface area contributed by atoms with Gasteiger partial charge in [0.1, 0.15) is 6.04 Å². The number of amides is 2. The first kappa shape index (κ1) is 24.0. The van der Waals surface area contributed by atoms with Crippen molar-refractivity contribution in [3.05, 3.63) is 65.7 Å². The molecule has 0 heterocycles. The summed E-state index contributed by atoms with van der Waals surface area (Å²) in [6.45, 7) is 8.49. The molecule has 2 aromatic rings. The van der Waals surface area contributed by atoms with E-state index in [1.54, 1.807) is 16.7 Å². The second-order valence-electron chi connectivity index (χ2n) is 7.66. The SMILES string of the molecule is CC[C@H](C(=O)N[C@@H](C)CC)N(Cc1cccc(C)c1)C(=O)CCSc1ccccc1. The molecular formula is C25H34N2O2S. The average molecular weight is 427 g/mol. The van der Waals surface area contributed by atoms with Crippen molar-refractivity contribution in [2.75, 3.05) is 5.75 Å². The molecule has 0 saturated carbocycles. The molecule has 1 N–H and O–H groups in total. The Morgan fingerprint density at radius 2 is 1.77 bits per heavy atom. The number of benzene rings is 2. The summed E-state index contributed by atoms with van der Waals surface area (Å²) in [6, 6.07) is 17.9. The molecule has 2 amide bonds. The molecule has 0 aliphatic heterocycles. The van der Waals surface area contributed by atoms with Gasteiger partial charge in [0.05, 0.1) is 0 Å². The molecule has 5 heteroatoms. The molecule has 2 aromatic carbocycles. The fourth-order valence-electron chi connectivity index (χ4n) is 3.28. The van der Waals surface area contributed by atoms with Crippen LogP contribution in [0.15, 0.2) is 59.5 Å². The number of hydrogen-bond donors (Lipinski definition) is 1. The number of thioether (sulfide) groups is 1. The molecule has 4 nitrogen and oxygen atoms in total. The van der Waals surface area contributed by atoms with Crippen LogP contribution in [0, 0.1) is 6.92 Å². The Kier molecular flexibility index (Phi) is 9.95. The van der Waals surface area contributed by atoms with Gasteiger partial charge in [0.2, 0.25) is 11.8 Å². The summed E-state index contributed by atoms with van der Waals surface area (Å²) in [4.78, 5) is 29.1. The van der Waals surface area contributed by atoms with Crippen LogP contribution < -0.4 is 5.32 Å². The van der Waals surface area contributed by atoms with Crippen molar-refractivity contribution in [2.45, 2.75) is 70.5 Å². The maximum absolute atomic E-state index is 13.2. The van der Waals surface area contributed by atoms with Gasteiger partial charge in [0, 0.05) is 29.7 Å². The number of carbonyl (C=O) groups excluding carboxylic acids is 2. The molecule has 0 aliphatic carbocycles. The first-order chi connectivity index (χ1) is 14.4.